The largest absolute Gasteiger partial charge is 0.508 e. The molecule has 0 bridgehead atoms. The van der Waals surface area contributed by atoms with Gasteiger partial charge in [0.1, 0.15) is 23.0 Å². The zero-order valence-corrected chi connectivity index (χ0v) is 81.1. The van der Waals surface area contributed by atoms with E-state index in [0.717, 1.165) is 134 Å². The third-order valence-electron chi connectivity index (χ3n) is 28.2. The molecule has 0 aromatic heterocycles. The fourth-order valence-electron chi connectivity index (χ4n) is 20.6. The Morgan fingerprint density at radius 2 is 0.507 bits per heavy atom. The van der Waals surface area contributed by atoms with Crippen LogP contribution in [0.2, 0.25) is 0 Å². The van der Waals surface area contributed by atoms with Gasteiger partial charge in [0.05, 0.1) is 0 Å². The summed E-state index contributed by atoms with van der Waals surface area (Å²) in [4.78, 5) is 12.8. The van der Waals surface area contributed by atoms with Crippen LogP contribution in [0.25, 0.3) is 44.6 Å². The summed E-state index contributed by atoms with van der Waals surface area (Å²) >= 11 is 0. The second-order valence-corrected chi connectivity index (χ2v) is 38.3. The molecule has 4 saturated heterocycles. The molecule has 0 radical (unpaired) electrons. The highest BCUT2D eigenvalue weighted by Crippen LogP contribution is 2.45. The first-order valence-corrected chi connectivity index (χ1v) is 50.3. The number of rotatable bonds is 32. The SMILES string of the molecule is CC(C)N1CCC(c2cccc(/C(=C(/CCCO)c3ccccc3)c3ccc(O)cc3)c2)CC1.CC(C)N1CCC(c2cccc(/C(=C(/CCCO)c3ccccc3)c3cccc(O)c3)c2)CC1.CC(C)N1CCN(c2cccc(/C(=C(/CCCO)c3ccccc3)c3ccc(O)cc3)c2)CC1.OCCC/C(=C(\c1ccc(O)cc1)c1cccc(C2CCN(C3CC3)CC2)c1)c1ccccc1. The maximum atomic E-state index is 10.3. The van der Waals surface area contributed by atoms with Crippen molar-refractivity contribution in [3.05, 3.63) is 399 Å². The van der Waals surface area contributed by atoms with Crippen molar-refractivity contribution < 1.29 is 40.9 Å². The van der Waals surface area contributed by atoms with Gasteiger partial charge in [-0.25, -0.2) is 0 Å². The van der Waals surface area contributed by atoms with Gasteiger partial charge < -0.3 is 60.5 Å². The molecule has 13 heteroatoms. The van der Waals surface area contributed by atoms with Crippen molar-refractivity contribution in [1.82, 2.24) is 19.6 Å². The van der Waals surface area contributed by atoms with Crippen molar-refractivity contribution in [3.8, 4) is 23.0 Å². The van der Waals surface area contributed by atoms with Gasteiger partial charge in [0, 0.05) is 82.5 Å². The van der Waals surface area contributed by atoms with Crippen molar-refractivity contribution in [2.75, 3.05) is 96.8 Å². The fraction of sp³-hybridized carbons (Fsp3) is 0.350. The van der Waals surface area contributed by atoms with E-state index in [-0.39, 0.29) is 49.4 Å². The molecule has 4 aliphatic heterocycles. The Hall–Kier alpha value is -11.7. The number of likely N-dealkylation sites (tertiary alicyclic amines) is 3. The Bertz CT molecular complexity index is 5380. The second-order valence-electron chi connectivity index (χ2n) is 38.3. The molecule has 13 nitrogen and oxygen atoms in total. The summed E-state index contributed by atoms with van der Waals surface area (Å²) in [7, 11) is 0. The number of benzene rings is 12. The van der Waals surface area contributed by atoms with E-state index in [0.29, 0.717) is 61.6 Å². The first-order valence-electron chi connectivity index (χ1n) is 50.3. The van der Waals surface area contributed by atoms with Crippen molar-refractivity contribution >= 4 is 50.3 Å². The molecule has 0 atom stereocenters. The minimum Gasteiger partial charge on any atom is -0.508 e. The van der Waals surface area contributed by atoms with Gasteiger partial charge in [0.15, 0.2) is 0 Å². The van der Waals surface area contributed by atoms with E-state index in [1.165, 1.54) is 148 Å². The third kappa shape index (κ3) is 27.6. The highest BCUT2D eigenvalue weighted by Gasteiger charge is 2.34. The number of anilines is 1. The molecule has 17 rings (SSSR count). The van der Waals surface area contributed by atoms with Crippen LogP contribution in [0.1, 0.15) is 245 Å². The molecule has 5 fully saturated rings. The summed E-state index contributed by atoms with van der Waals surface area (Å²) in [5.41, 5.74) is 28.7. The normalized spacial score (nSPS) is 16.4. The zero-order valence-electron chi connectivity index (χ0n) is 81.1. The Morgan fingerprint density at radius 3 is 0.801 bits per heavy atom. The first kappa shape index (κ1) is 100. The lowest BCUT2D eigenvalue weighted by atomic mass is 9.83. The van der Waals surface area contributed by atoms with Gasteiger partial charge in [0.25, 0.3) is 0 Å². The maximum Gasteiger partial charge on any atom is 0.116 e. The number of phenolic OH excluding ortho intramolecular Hbond substituents is 4. The Labute approximate surface area is 810 Å². The number of piperazine rings is 1. The van der Waals surface area contributed by atoms with Gasteiger partial charge in [-0.1, -0.05) is 255 Å². The highest BCUT2D eigenvalue weighted by molar-refractivity contribution is 6.02. The van der Waals surface area contributed by atoms with E-state index < -0.39 is 0 Å². The molecule has 8 N–H and O–H groups in total. The van der Waals surface area contributed by atoms with E-state index in [4.69, 9.17) is 0 Å². The van der Waals surface area contributed by atoms with E-state index in [9.17, 15) is 40.9 Å². The van der Waals surface area contributed by atoms with E-state index in [1.807, 2.05) is 72.8 Å². The van der Waals surface area contributed by atoms with Crippen LogP contribution in [0.15, 0.2) is 315 Å². The average Bonchev–Trinajstić information content (AvgIpc) is 0.873. The molecule has 0 amide bonds. The molecular formula is C123H145N5O8. The number of hydrogen-bond donors (Lipinski definition) is 8. The minimum atomic E-state index is 0.151. The lowest BCUT2D eigenvalue weighted by molar-refractivity contribution is 0.172. The number of nitrogens with zero attached hydrogens (tertiary/aromatic N) is 5. The fourth-order valence-corrected chi connectivity index (χ4v) is 20.6. The van der Waals surface area contributed by atoms with E-state index >= 15 is 0 Å². The number of aliphatic hydroxyl groups excluding tert-OH is 4. The Morgan fingerprint density at radius 1 is 0.243 bits per heavy atom. The lowest BCUT2D eigenvalue weighted by Gasteiger charge is -2.38. The Kier molecular flexibility index (Phi) is 37.5. The molecule has 136 heavy (non-hydrogen) atoms. The van der Waals surface area contributed by atoms with Gasteiger partial charge in [-0.2, -0.15) is 0 Å². The van der Waals surface area contributed by atoms with Crippen LogP contribution in [0.4, 0.5) is 5.69 Å². The van der Waals surface area contributed by atoms with Gasteiger partial charge in [0.2, 0.25) is 0 Å². The highest BCUT2D eigenvalue weighted by atomic mass is 16.3. The zero-order chi connectivity index (χ0) is 95.1. The number of allylic oxidation sites excluding steroid dienone is 4. The molecule has 12 aromatic carbocycles. The van der Waals surface area contributed by atoms with Gasteiger partial charge in [-0.05, 0) is 390 Å². The molecule has 1 saturated carbocycles. The minimum absolute atomic E-state index is 0.151. The molecule has 710 valence electrons. The van der Waals surface area contributed by atoms with E-state index in [2.05, 4.69) is 266 Å². The predicted molar refractivity (Wildman–Crippen MR) is 566 cm³/mol. The molecule has 1 aliphatic carbocycles. The summed E-state index contributed by atoms with van der Waals surface area (Å²) in [5.74, 6) is 2.82. The van der Waals surface area contributed by atoms with Crippen LogP contribution in [-0.2, 0) is 0 Å². The Balaban J connectivity index is 0.000000145. The number of hydrogen-bond acceptors (Lipinski definition) is 13. The van der Waals surface area contributed by atoms with Crippen LogP contribution < -0.4 is 4.90 Å². The number of piperidine rings is 3. The van der Waals surface area contributed by atoms with E-state index in [1.54, 1.807) is 42.5 Å². The van der Waals surface area contributed by atoms with Crippen molar-refractivity contribution in [2.45, 2.75) is 186 Å². The van der Waals surface area contributed by atoms with Gasteiger partial charge >= 0.3 is 0 Å². The molecule has 12 aromatic rings. The average molecular weight is 1820 g/mol. The third-order valence-corrected chi connectivity index (χ3v) is 28.2. The van der Waals surface area contributed by atoms with Gasteiger partial charge in [-0.15, -0.1) is 0 Å². The molecule has 5 aliphatic rings. The summed E-state index contributed by atoms with van der Waals surface area (Å²) in [6, 6.07) is 111. The van der Waals surface area contributed by atoms with Crippen LogP contribution >= 0.6 is 0 Å². The van der Waals surface area contributed by atoms with Crippen LogP contribution in [0.3, 0.4) is 0 Å². The summed E-state index contributed by atoms with van der Waals surface area (Å²) in [5, 5.41) is 78.6. The molecule has 0 spiro atoms. The number of aliphatic hydroxyl groups is 4. The predicted octanol–water partition coefficient (Wildman–Crippen LogP) is 25.5. The smallest absolute Gasteiger partial charge is 0.116 e. The molecule has 0 unspecified atom stereocenters. The number of aromatic hydroxyl groups is 4. The monoisotopic (exact) mass is 1820 g/mol. The summed E-state index contributed by atoms with van der Waals surface area (Å²) < 4.78 is 0. The second kappa shape index (κ2) is 50.9. The molecule has 4 heterocycles. The lowest BCUT2D eigenvalue weighted by Crippen LogP contribution is -2.48. The summed E-state index contributed by atoms with van der Waals surface area (Å²) in [6.07, 6.45) is 15.9. The standard InChI is InChI=1S/C31H35NO2.2C31H37NO2.C30H36N2O2/c33-21-5-10-30(24-6-2-1-3-7-24)31(25-11-15-29(34)16-12-25)27-9-4-8-26(22-27)23-17-19-32(20-18-23)28-13-14-28;1-23(2)32-18-16-24(17-19-32)26-11-6-12-27(21-26)31(28-13-7-14-29(34)22-28)30(15-8-20-33)25-9-4-3-5-10-25;1-23(2)32-19-17-24(18-20-32)27-10-6-11-28(22-27)31(26-13-15-29(34)16-14-26)30(12-7-21-33)25-8-4-3-5-9-25;1-23(2)31-17-19-32(20-18-31)27-11-6-10-26(22-27)30(25-13-15-28(34)16-14-25)29(12-7-21-33)24-8-4-3-5-9-24/h1-4,6-9,11-12,15-16,22-23,28,33-34H,5,10,13-14,17-21H2;3-7,9-14,21-24,33-34H,8,15-20H2,1-2H3;3-6,8-11,13-16,22-24,33-34H,7,12,17-21H2,1-2H3;3-6,8-11,13-16,22-23,33-34H,7,12,17-21H2,1-2H3/b31-30-;31-30+;31-30-;30-29-. The summed E-state index contributed by atoms with van der Waals surface area (Å²) in [6.45, 7) is 25.5. The number of phenols is 4. The van der Waals surface area contributed by atoms with Crippen molar-refractivity contribution in [3.63, 3.8) is 0 Å². The maximum absolute atomic E-state index is 10.3. The van der Waals surface area contributed by atoms with Gasteiger partial charge in [-0.3, -0.25) is 4.90 Å². The topological polar surface area (TPSA) is 178 Å². The van der Waals surface area contributed by atoms with Crippen LogP contribution in [0, 0.1) is 0 Å². The van der Waals surface area contributed by atoms with Crippen LogP contribution in [0.5, 0.6) is 23.0 Å². The first-order chi connectivity index (χ1) is 66.4. The van der Waals surface area contributed by atoms with Crippen molar-refractivity contribution in [1.29, 1.82) is 0 Å². The van der Waals surface area contributed by atoms with Crippen molar-refractivity contribution in [2.24, 2.45) is 0 Å². The quantitative estimate of drug-likeness (QED) is 0.0187. The van der Waals surface area contributed by atoms with Crippen LogP contribution in [-0.4, -0.2) is 176 Å². The molecular weight excluding hydrogens is 1680 g/mol.